The minimum Gasteiger partial charge on any atom is -0.317 e. The zero-order valence-corrected chi connectivity index (χ0v) is 9.44. The lowest BCUT2D eigenvalue weighted by molar-refractivity contribution is 0.425. The van der Waals surface area contributed by atoms with Crippen molar-refractivity contribution in [2.75, 3.05) is 19.3 Å². The van der Waals surface area contributed by atoms with Gasteiger partial charge in [-0.15, -0.1) is 0 Å². The molecular formula is C12H17NS. The number of hydrogen-bond donors (Lipinski definition) is 1. The maximum Gasteiger partial charge on any atom is 0.0429 e. The molecule has 1 saturated heterocycles. The molecule has 1 aromatic carbocycles. The van der Waals surface area contributed by atoms with E-state index in [0.29, 0.717) is 4.75 Å². The predicted molar refractivity (Wildman–Crippen MR) is 63.7 cm³/mol. The van der Waals surface area contributed by atoms with Crippen molar-refractivity contribution in [3.8, 4) is 0 Å². The van der Waals surface area contributed by atoms with Gasteiger partial charge in [0.2, 0.25) is 0 Å². The van der Waals surface area contributed by atoms with Crippen molar-refractivity contribution < 1.29 is 0 Å². The maximum atomic E-state index is 3.43. The van der Waals surface area contributed by atoms with Gasteiger partial charge in [-0.05, 0) is 37.8 Å². The number of benzene rings is 1. The zero-order valence-electron chi connectivity index (χ0n) is 8.62. The highest BCUT2D eigenvalue weighted by Gasteiger charge is 2.32. The van der Waals surface area contributed by atoms with Crippen LogP contribution >= 0.6 is 11.8 Å². The Morgan fingerprint density at radius 2 is 1.79 bits per heavy atom. The average molecular weight is 207 g/mol. The Morgan fingerprint density at radius 1 is 1.14 bits per heavy atom. The van der Waals surface area contributed by atoms with Crippen LogP contribution in [0.1, 0.15) is 18.4 Å². The molecule has 1 fully saturated rings. The first-order chi connectivity index (χ1) is 6.87. The first-order valence-electron chi connectivity index (χ1n) is 5.19. The van der Waals surface area contributed by atoms with Crippen molar-refractivity contribution in [2.24, 2.45) is 0 Å². The number of thioether (sulfide) groups is 1. The van der Waals surface area contributed by atoms with E-state index in [-0.39, 0.29) is 0 Å². The van der Waals surface area contributed by atoms with E-state index < -0.39 is 0 Å². The summed E-state index contributed by atoms with van der Waals surface area (Å²) in [6.07, 6.45) is 4.73. The topological polar surface area (TPSA) is 12.0 Å². The Kier molecular flexibility index (Phi) is 3.14. The third-order valence-corrected chi connectivity index (χ3v) is 4.53. The van der Waals surface area contributed by atoms with E-state index in [1.807, 2.05) is 11.8 Å². The van der Waals surface area contributed by atoms with E-state index in [4.69, 9.17) is 0 Å². The first kappa shape index (κ1) is 10.1. The highest BCUT2D eigenvalue weighted by molar-refractivity contribution is 7.99. The molecule has 0 aromatic heterocycles. The largest absolute Gasteiger partial charge is 0.317 e. The van der Waals surface area contributed by atoms with Crippen LogP contribution in [0.15, 0.2) is 30.3 Å². The van der Waals surface area contributed by atoms with Crippen LogP contribution in [0, 0.1) is 0 Å². The zero-order chi connectivity index (χ0) is 9.86. The van der Waals surface area contributed by atoms with Crippen molar-refractivity contribution in [3.05, 3.63) is 35.9 Å². The fourth-order valence-corrected chi connectivity index (χ4v) is 3.17. The Hall–Kier alpha value is -0.470. The molecule has 1 aliphatic rings. The molecule has 0 saturated carbocycles. The maximum absolute atomic E-state index is 3.43. The molecule has 0 amide bonds. The third-order valence-electron chi connectivity index (χ3n) is 3.10. The molecule has 0 bridgehead atoms. The van der Waals surface area contributed by atoms with Crippen LogP contribution in [0.3, 0.4) is 0 Å². The molecule has 1 heterocycles. The van der Waals surface area contributed by atoms with Gasteiger partial charge in [-0.1, -0.05) is 30.3 Å². The van der Waals surface area contributed by atoms with Crippen LogP contribution in [0.5, 0.6) is 0 Å². The number of nitrogens with one attached hydrogen (secondary N) is 1. The minimum atomic E-state index is 0.368. The summed E-state index contributed by atoms with van der Waals surface area (Å²) in [5, 5.41) is 3.43. The van der Waals surface area contributed by atoms with Gasteiger partial charge in [0.25, 0.3) is 0 Å². The molecule has 1 nitrogen and oxygen atoms in total. The van der Waals surface area contributed by atoms with Gasteiger partial charge < -0.3 is 5.32 Å². The average Bonchev–Trinajstić information content (AvgIpc) is 2.31. The molecular weight excluding hydrogens is 190 g/mol. The third kappa shape index (κ3) is 1.82. The van der Waals surface area contributed by atoms with E-state index in [0.717, 1.165) is 13.1 Å². The van der Waals surface area contributed by atoms with E-state index in [9.17, 15) is 0 Å². The van der Waals surface area contributed by atoms with Crippen molar-refractivity contribution in [1.29, 1.82) is 0 Å². The molecule has 0 aliphatic carbocycles. The normalized spacial score (nSPS) is 20.6. The number of rotatable bonds is 2. The molecule has 0 spiro atoms. The van der Waals surface area contributed by atoms with Gasteiger partial charge in [-0.25, -0.2) is 0 Å². The van der Waals surface area contributed by atoms with Crippen LogP contribution in [-0.4, -0.2) is 19.3 Å². The summed E-state index contributed by atoms with van der Waals surface area (Å²) >= 11 is 2.01. The molecule has 2 heteroatoms. The summed E-state index contributed by atoms with van der Waals surface area (Å²) in [4.78, 5) is 0. The SMILES string of the molecule is CSC1(c2ccccc2)CCNCC1. The lowest BCUT2D eigenvalue weighted by Gasteiger charge is -2.36. The van der Waals surface area contributed by atoms with E-state index in [1.165, 1.54) is 18.4 Å². The van der Waals surface area contributed by atoms with Crippen LogP contribution in [0.25, 0.3) is 0 Å². The standard InChI is InChI=1S/C12H17NS/c1-14-12(7-9-13-10-8-12)11-5-3-2-4-6-11/h2-6,13H,7-10H2,1H3. The molecule has 0 unspecified atom stereocenters. The smallest absolute Gasteiger partial charge is 0.0429 e. The van der Waals surface area contributed by atoms with Crippen molar-refractivity contribution in [3.63, 3.8) is 0 Å². The summed E-state index contributed by atoms with van der Waals surface area (Å²) < 4.78 is 0.368. The van der Waals surface area contributed by atoms with Gasteiger partial charge in [-0.3, -0.25) is 0 Å². The van der Waals surface area contributed by atoms with Crippen molar-refractivity contribution in [1.82, 2.24) is 5.32 Å². The molecule has 0 atom stereocenters. The summed E-state index contributed by atoms with van der Waals surface area (Å²) in [6, 6.07) is 10.9. The van der Waals surface area contributed by atoms with Gasteiger partial charge in [0.05, 0.1) is 0 Å². The summed E-state index contributed by atoms with van der Waals surface area (Å²) in [5.74, 6) is 0. The fraction of sp³-hybridized carbons (Fsp3) is 0.500. The van der Waals surface area contributed by atoms with Crippen LogP contribution in [-0.2, 0) is 4.75 Å². The summed E-state index contributed by atoms with van der Waals surface area (Å²) in [6.45, 7) is 2.30. The van der Waals surface area contributed by atoms with E-state index >= 15 is 0 Å². The lowest BCUT2D eigenvalue weighted by atomic mass is 9.89. The molecule has 14 heavy (non-hydrogen) atoms. The second-order valence-corrected chi connectivity index (χ2v) is 5.00. The number of piperidine rings is 1. The second kappa shape index (κ2) is 4.37. The van der Waals surface area contributed by atoms with Gasteiger partial charge in [0, 0.05) is 4.75 Å². The molecule has 2 rings (SSSR count). The monoisotopic (exact) mass is 207 g/mol. The number of hydrogen-bond acceptors (Lipinski definition) is 2. The van der Waals surface area contributed by atoms with Crippen molar-refractivity contribution >= 4 is 11.8 Å². The fourth-order valence-electron chi connectivity index (χ4n) is 2.18. The Morgan fingerprint density at radius 3 is 2.36 bits per heavy atom. The highest BCUT2D eigenvalue weighted by Crippen LogP contribution is 2.42. The molecule has 1 N–H and O–H groups in total. The Balaban J connectivity index is 2.27. The summed E-state index contributed by atoms with van der Waals surface area (Å²) in [7, 11) is 0. The molecule has 1 aliphatic heterocycles. The van der Waals surface area contributed by atoms with Crippen LogP contribution in [0.4, 0.5) is 0 Å². The lowest BCUT2D eigenvalue weighted by Crippen LogP contribution is -2.37. The molecule has 0 radical (unpaired) electrons. The highest BCUT2D eigenvalue weighted by atomic mass is 32.2. The van der Waals surface area contributed by atoms with E-state index in [1.54, 1.807) is 0 Å². The Labute approximate surface area is 90.3 Å². The minimum absolute atomic E-state index is 0.368. The molecule has 76 valence electrons. The van der Waals surface area contributed by atoms with Gasteiger partial charge in [0.15, 0.2) is 0 Å². The molecule has 1 aromatic rings. The summed E-state index contributed by atoms with van der Waals surface area (Å²) in [5.41, 5.74) is 1.49. The quantitative estimate of drug-likeness (QED) is 0.800. The van der Waals surface area contributed by atoms with E-state index in [2.05, 4.69) is 41.9 Å². The van der Waals surface area contributed by atoms with Crippen LogP contribution in [0.2, 0.25) is 0 Å². The van der Waals surface area contributed by atoms with Gasteiger partial charge in [-0.2, -0.15) is 11.8 Å². The second-order valence-electron chi connectivity index (χ2n) is 3.81. The van der Waals surface area contributed by atoms with Gasteiger partial charge >= 0.3 is 0 Å². The van der Waals surface area contributed by atoms with Gasteiger partial charge in [0.1, 0.15) is 0 Å². The van der Waals surface area contributed by atoms with Crippen LogP contribution < -0.4 is 5.32 Å². The Bertz CT molecular complexity index is 278. The van der Waals surface area contributed by atoms with Crippen molar-refractivity contribution in [2.45, 2.75) is 17.6 Å². The first-order valence-corrected chi connectivity index (χ1v) is 6.41. The predicted octanol–water partition coefficient (Wildman–Crippen LogP) is 2.63.